The van der Waals surface area contributed by atoms with Gasteiger partial charge in [0.05, 0.1) is 11.4 Å². The number of nitrogens with one attached hydrogen (secondary N) is 1. The predicted octanol–water partition coefficient (Wildman–Crippen LogP) is 1.24. The molecule has 0 aliphatic carbocycles. The zero-order valence-electron chi connectivity index (χ0n) is 11.0. The second kappa shape index (κ2) is 6.38. The lowest BCUT2D eigenvalue weighted by molar-refractivity contribution is -0.116. The quantitative estimate of drug-likeness (QED) is 0.839. The summed E-state index contributed by atoms with van der Waals surface area (Å²) in [4.78, 5) is 10.6. The Hall–Kier alpha value is -2.38. The summed E-state index contributed by atoms with van der Waals surface area (Å²) in [6, 6.07) is 15.0. The molecule has 0 aliphatic heterocycles. The molecule has 21 heavy (non-hydrogen) atoms. The zero-order valence-corrected chi connectivity index (χ0v) is 11.8. The Morgan fingerprint density at radius 2 is 1.57 bits per heavy atom. The summed E-state index contributed by atoms with van der Waals surface area (Å²) in [7, 11) is -3.75. The first-order valence-corrected chi connectivity index (χ1v) is 7.56. The van der Waals surface area contributed by atoms with Crippen LogP contribution in [-0.4, -0.2) is 20.9 Å². The molecule has 0 saturated heterocycles. The van der Waals surface area contributed by atoms with E-state index in [1.54, 1.807) is 12.1 Å². The number of rotatable bonds is 6. The number of amides is 1. The minimum atomic E-state index is -3.75. The molecule has 0 saturated carbocycles. The van der Waals surface area contributed by atoms with E-state index in [2.05, 4.69) is 4.72 Å². The Morgan fingerprint density at radius 1 is 1.00 bits per heavy atom. The van der Waals surface area contributed by atoms with Crippen LogP contribution in [0.2, 0.25) is 0 Å². The number of carbonyl (C=O) groups is 1. The number of sulfonamides is 1. The lowest BCUT2D eigenvalue weighted by Crippen LogP contribution is -2.33. The van der Waals surface area contributed by atoms with Crippen LogP contribution in [0.3, 0.4) is 0 Å². The number of hydrogen-bond acceptors (Lipinski definition) is 4. The van der Waals surface area contributed by atoms with Crippen LogP contribution < -0.4 is 15.2 Å². The SMILES string of the molecule is NC(=O)CNS(=O)(=O)c1ccc(Oc2ccccc2)cc1. The zero-order chi connectivity index (χ0) is 15.3. The van der Waals surface area contributed by atoms with Gasteiger partial charge in [-0.3, -0.25) is 4.79 Å². The Morgan fingerprint density at radius 3 is 2.14 bits per heavy atom. The summed E-state index contributed by atoms with van der Waals surface area (Å²) in [5.41, 5.74) is 4.90. The predicted molar refractivity (Wildman–Crippen MR) is 77.3 cm³/mol. The molecule has 2 aromatic carbocycles. The van der Waals surface area contributed by atoms with E-state index >= 15 is 0 Å². The van der Waals surface area contributed by atoms with Crippen molar-refractivity contribution in [2.24, 2.45) is 5.73 Å². The lowest BCUT2D eigenvalue weighted by Gasteiger charge is -2.07. The van der Waals surface area contributed by atoms with Gasteiger partial charge in [0.1, 0.15) is 11.5 Å². The molecule has 2 aromatic rings. The van der Waals surface area contributed by atoms with Gasteiger partial charge in [0, 0.05) is 0 Å². The normalized spacial score (nSPS) is 11.0. The fourth-order valence-corrected chi connectivity index (χ4v) is 2.55. The van der Waals surface area contributed by atoms with Crippen LogP contribution in [0.15, 0.2) is 59.5 Å². The van der Waals surface area contributed by atoms with Crippen LogP contribution in [0, 0.1) is 0 Å². The molecule has 3 N–H and O–H groups in total. The summed E-state index contributed by atoms with van der Waals surface area (Å²) >= 11 is 0. The number of carbonyl (C=O) groups excluding carboxylic acids is 1. The first-order valence-electron chi connectivity index (χ1n) is 6.08. The fourth-order valence-electron chi connectivity index (χ4n) is 1.56. The standard InChI is InChI=1S/C14H14N2O4S/c15-14(17)10-16-21(18,19)13-8-6-12(7-9-13)20-11-4-2-1-3-5-11/h1-9,16H,10H2,(H2,15,17). The summed E-state index contributed by atoms with van der Waals surface area (Å²) < 4.78 is 31.3. The molecule has 0 aliphatic rings. The highest BCUT2D eigenvalue weighted by Gasteiger charge is 2.14. The molecule has 110 valence electrons. The summed E-state index contributed by atoms with van der Waals surface area (Å²) in [6.45, 7) is -0.440. The number of para-hydroxylation sites is 1. The third kappa shape index (κ3) is 4.30. The van der Waals surface area contributed by atoms with E-state index in [1.807, 2.05) is 18.2 Å². The van der Waals surface area contributed by atoms with Crippen molar-refractivity contribution in [2.45, 2.75) is 4.90 Å². The van der Waals surface area contributed by atoms with E-state index in [-0.39, 0.29) is 4.90 Å². The van der Waals surface area contributed by atoms with Crippen LogP contribution in [0.1, 0.15) is 0 Å². The van der Waals surface area contributed by atoms with Gasteiger partial charge in [-0.25, -0.2) is 13.1 Å². The average molecular weight is 306 g/mol. The van der Waals surface area contributed by atoms with Crippen LogP contribution in [0.5, 0.6) is 11.5 Å². The molecule has 0 radical (unpaired) electrons. The number of benzene rings is 2. The van der Waals surface area contributed by atoms with Gasteiger partial charge >= 0.3 is 0 Å². The van der Waals surface area contributed by atoms with E-state index in [4.69, 9.17) is 10.5 Å². The summed E-state index contributed by atoms with van der Waals surface area (Å²) in [5.74, 6) is 0.414. The van der Waals surface area contributed by atoms with E-state index in [9.17, 15) is 13.2 Å². The first kappa shape index (κ1) is 15.0. The maximum Gasteiger partial charge on any atom is 0.241 e. The molecule has 0 spiro atoms. The molecule has 2 rings (SSSR count). The Bertz CT molecular complexity index is 712. The molecule has 0 fully saturated rings. The molecule has 7 heteroatoms. The highest BCUT2D eigenvalue weighted by atomic mass is 32.2. The summed E-state index contributed by atoms with van der Waals surface area (Å²) in [5, 5.41) is 0. The number of nitrogens with two attached hydrogens (primary N) is 1. The molecular weight excluding hydrogens is 292 g/mol. The van der Waals surface area contributed by atoms with Gasteiger partial charge < -0.3 is 10.5 Å². The van der Waals surface area contributed by atoms with Crippen molar-refractivity contribution in [3.8, 4) is 11.5 Å². The molecule has 0 heterocycles. The smallest absolute Gasteiger partial charge is 0.241 e. The van der Waals surface area contributed by atoms with Crippen LogP contribution in [0.4, 0.5) is 0 Å². The maximum atomic E-state index is 11.8. The van der Waals surface area contributed by atoms with Crippen LogP contribution >= 0.6 is 0 Å². The average Bonchev–Trinajstić information content (AvgIpc) is 2.47. The largest absolute Gasteiger partial charge is 0.457 e. The highest BCUT2D eigenvalue weighted by Crippen LogP contribution is 2.22. The second-order valence-electron chi connectivity index (χ2n) is 4.18. The monoisotopic (exact) mass is 306 g/mol. The Labute approximate surface area is 122 Å². The van der Waals surface area contributed by atoms with Gasteiger partial charge in [0.2, 0.25) is 15.9 Å². The maximum absolute atomic E-state index is 11.8. The third-order valence-corrected chi connectivity index (χ3v) is 3.97. The lowest BCUT2D eigenvalue weighted by atomic mass is 10.3. The molecule has 0 bridgehead atoms. The van der Waals surface area contributed by atoms with Gasteiger partial charge in [-0.1, -0.05) is 18.2 Å². The third-order valence-electron chi connectivity index (χ3n) is 2.55. The minimum Gasteiger partial charge on any atom is -0.457 e. The second-order valence-corrected chi connectivity index (χ2v) is 5.94. The fraction of sp³-hybridized carbons (Fsp3) is 0.0714. The number of ether oxygens (including phenoxy) is 1. The molecule has 0 aromatic heterocycles. The van der Waals surface area contributed by atoms with Crippen molar-refractivity contribution < 1.29 is 17.9 Å². The van der Waals surface area contributed by atoms with Gasteiger partial charge in [0.15, 0.2) is 0 Å². The van der Waals surface area contributed by atoms with E-state index in [1.165, 1.54) is 24.3 Å². The molecule has 0 atom stereocenters. The van der Waals surface area contributed by atoms with Gasteiger partial charge in [0.25, 0.3) is 0 Å². The van der Waals surface area contributed by atoms with E-state index in [0.717, 1.165) is 0 Å². The Kier molecular flexibility index (Phi) is 4.56. The Balaban J connectivity index is 2.10. The van der Waals surface area contributed by atoms with Crippen molar-refractivity contribution in [2.75, 3.05) is 6.54 Å². The number of hydrogen-bond donors (Lipinski definition) is 2. The van der Waals surface area contributed by atoms with Gasteiger partial charge in [-0.05, 0) is 36.4 Å². The molecular formula is C14H14N2O4S. The molecule has 1 amide bonds. The number of primary amides is 1. The van der Waals surface area contributed by atoms with Gasteiger partial charge in [-0.2, -0.15) is 0 Å². The summed E-state index contributed by atoms with van der Waals surface area (Å²) in [6.07, 6.45) is 0. The van der Waals surface area contributed by atoms with Gasteiger partial charge in [-0.15, -0.1) is 0 Å². The van der Waals surface area contributed by atoms with Crippen molar-refractivity contribution in [3.05, 3.63) is 54.6 Å². The van der Waals surface area contributed by atoms with Crippen molar-refractivity contribution in [1.82, 2.24) is 4.72 Å². The topological polar surface area (TPSA) is 98.5 Å². The van der Waals surface area contributed by atoms with Crippen LogP contribution in [0.25, 0.3) is 0 Å². The van der Waals surface area contributed by atoms with E-state index < -0.39 is 22.5 Å². The van der Waals surface area contributed by atoms with Crippen molar-refractivity contribution >= 4 is 15.9 Å². The minimum absolute atomic E-state index is 0.0316. The first-order chi connectivity index (χ1) is 9.97. The van der Waals surface area contributed by atoms with Crippen molar-refractivity contribution in [1.29, 1.82) is 0 Å². The highest BCUT2D eigenvalue weighted by molar-refractivity contribution is 7.89. The van der Waals surface area contributed by atoms with Crippen LogP contribution in [-0.2, 0) is 14.8 Å². The van der Waals surface area contributed by atoms with Crippen molar-refractivity contribution in [3.63, 3.8) is 0 Å². The van der Waals surface area contributed by atoms with E-state index in [0.29, 0.717) is 11.5 Å². The molecule has 6 nitrogen and oxygen atoms in total. The molecule has 0 unspecified atom stereocenters.